The van der Waals surface area contributed by atoms with Crippen molar-refractivity contribution >= 4 is 33.3 Å². The number of hydrogen-bond donors (Lipinski definition) is 2. The topological polar surface area (TPSA) is 102 Å². The molecule has 0 aliphatic heterocycles. The fraction of sp³-hybridized carbons (Fsp3) is 0.130. The van der Waals surface area contributed by atoms with Gasteiger partial charge in [0.1, 0.15) is 23.1 Å². The van der Waals surface area contributed by atoms with Crippen molar-refractivity contribution in [3.63, 3.8) is 0 Å². The number of hydrogen-bond acceptors (Lipinski definition) is 5. The van der Waals surface area contributed by atoms with Gasteiger partial charge in [-0.3, -0.25) is 9.52 Å². The van der Waals surface area contributed by atoms with Crippen molar-refractivity contribution in [3.05, 3.63) is 89.2 Å². The smallest absolute Gasteiger partial charge is 0.341 e. The molecular weight excluding hydrogens is 473 g/mol. The van der Waals surface area contributed by atoms with Gasteiger partial charge in [0.15, 0.2) is 6.10 Å². The molecule has 178 valence electrons. The first kappa shape index (κ1) is 24.8. The first-order valence-corrected chi connectivity index (χ1v) is 11.3. The number of amides is 1. The number of halogens is 3. The minimum Gasteiger partial charge on any atom is -0.449 e. The summed E-state index contributed by atoms with van der Waals surface area (Å²) in [5.74, 6) is -4.70. The summed E-state index contributed by atoms with van der Waals surface area (Å²) in [5, 5.41) is 2.01. The molecule has 1 unspecified atom stereocenters. The lowest BCUT2D eigenvalue weighted by molar-refractivity contribution is -0.123. The summed E-state index contributed by atoms with van der Waals surface area (Å²) < 4.78 is 73.8. The van der Waals surface area contributed by atoms with Crippen LogP contribution in [0.5, 0.6) is 0 Å². The van der Waals surface area contributed by atoms with Gasteiger partial charge in [-0.25, -0.2) is 26.4 Å². The highest BCUT2D eigenvalue weighted by Gasteiger charge is 2.25. The third-order valence-corrected chi connectivity index (χ3v) is 6.21. The van der Waals surface area contributed by atoms with Crippen molar-refractivity contribution in [1.82, 2.24) is 0 Å². The SMILES string of the molecule is Cc1cc(F)ccc1S(=O)(=O)Nc1ccccc1C(=O)OC(C)C(=O)Nc1c(F)cccc1F. The Labute approximate surface area is 193 Å². The number of para-hydroxylation sites is 2. The van der Waals surface area contributed by atoms with Crippen LogP contribution in [0.1, 0.15) is 22.8 Å². The van der Waals surface area contributed by atoms with Gasteiger partial charge in [-0.2, -0.15) is 0 Å². The Kier molecular flexibility index (Phi) is 7.26. The minimum absolute atomic E-state index is 0.149. The van der Waals surface area contributed by atoms with E-state index in [9.17, 15) is 31.2 Å². The number of carbonyl (C=O) groups is 2. The summed E-state index contributed by atoms with van der Waals surface area (Å²) in [4.78, 5) is 24.8. The molecule has 2 N–H and O–H groups in total. The Balaban J connectivity index is 1.78. The molecule has 0 spiro atoms. The maximum atomic E-state index is 13.8. The molecule has 7 nitrogen and oxygen atoms in total. The van der Waals surface area contributed by atoms with Crippen LogP contribution < -0.4 is 10.0 Å². The maximum absolute atomic E-state index is 13.8. The van der Waals surface area contributed by atoms with Crippen LogP contribution in [0.4, 0.5) is 24.5 Å². The lowest BCUT2D eigenvalue weighted by atomic mass is 10.2. The van der Waals surface area contributed by atoms with Crippen molar-refractivity contribution in [1.29, 1.82) is 0 Å². The summed E-state index contributed by atoms with van der Waals surface area (Å²) in [6, 6.07) is 11.6. The van der Waals surface area contributed by atoms with Crippen molar-refractivity contribution in [2.24, 2.45) is 0 Å². The van der Waals surface area contributed by atoms with Crippen molar-refractivity contribution in [2.45, 2.75) is 24.8 Å². The van der Waals surface area contributed by atoms with Crippen molar-refractivity contribution in [3.8, 4) is 0 Å². The van der Waals surface area contributed by atoms with Gasteiger partial charge in [0.05, 0.1) is 16.1 Å². The number of aryl methyl sites for hydroxylation is 1. The van der Waals surface area contributed by atoms with E-state index in [1.165, 1.54) is 38.1 Å². The van der Waals surface area contributed by atoms with Crippen molar-refractivity contribution < 1.29 is 35.9 Å². The molecule has 0 saturated heterocycles. The van der Waals surface area contributed by atoms with Gasteiger partial charge in [0.25, 0.3) is 15.9 Å². The minimum atomic E-state index is -4.20. The van der Waals surface area contributed by atoms with Gasteiger partial charge in [-0.1, -0.05) is 18.2 Å². The Morgan fingerprint density at radius 3 is 2.24 bits per heavy atom. The van der Waals surface area contributed by atoms with E-state index in [4.69, 9.17) is 4.74 Å². The molecule has 0 aliphatic carbocycles. The summed E-state index contributed by atoms with van der Waals surface area (Å²) in [6.45, 7) is 2.59. The van der Waals surface area contributed by atoms with Gasteiger partial charge in [0, 0.05) is 0 Å². The lowest BCUT2D eigenvalue weighted by Crippen LogP contribution is -2.31. The Bertz CT molecular complexity index is 1340. The molecule has 0 heterocycles. The number of anilines is 2. The van der Waals surface area contributed by atoms with E-state index in [1.54, 1.807) is 0 Å². The van der Waals surface area contributed by atoms with E-state index in [1.807, 2.05) is 5.32 Å². The van der Waals surface area contributed by atoms with Crippen LogP contribution in [0.25, 0.3) is 0 Å². The number of esters is 1. The van der Waals surface area contributed by atoms with Crippen LogP contribution in [0.15, 0.2) is 65.6 Å². The summed E-state index contributed by atoms with van der Waals surface area (Å²) >= 11 is 0. The van der Waals surface area contributed by atoms with Gasteiger partial charge < -0.3 is 10.1 Å². The largest absolute Gasteiger partial charge is 0.449 e. The van der Waals surface area contributed by atoms with Crippen LogP contribution in [-0.4, -0.2) is 26.4 Å². The van der Waals surface area contributed by atoms with Crippen LogP contribution in [0.3, 0.4) is 0 Å². The molecule has 1 amide bonds. The second kappa shape index (κ2) is 9.96. The predicted octanol–water partition coefficient (Wildman–Crippen LogP) is 4.40. The first-order valence-electron chi connectivity index (χ1n) is 9.83. The number of sulfonamides is 1. The van der Waals surface area contributed by atoms with Crippen LogP contribution in [0.2, 0.25) is 0 Å². The fourth-order valence-electron chi connectivity index (χ4n) is 2.98. The number of rotatable bonds is 7. The standard InChI is InChI=1S/C23H19F3N2O5S/c1-13-12-15(24)10-11-20(13)34(31,32)28-19-9-4-3-6-16(19)23(30)33-14(2)22(29)27-21-17(25)7-5-8-18(21)26/h3-12,14,28H,1-2H3,(H,27,29). The predicted molar refractivity (Wildman–Crippen MR) is 118 cm³/mol. The van der Waals surface area contributed by atoms with Crippen LogP contribution in [0, 0.1) is 24.4 Å². The Hall–Kier alpha value is -3.86. The molecule has 1 atom stereocenters. The van der Waals surface area contributed by atoms with E-state index in [0.717, 1.165) is 36.4 Å². The molecule has 3 aromatic rings. The molecule has 3 aromatic carbocycles. The van der Waals surface area contributed by atoms with Crippen LogP contribution >= 0.6 is 0 Å². The maximum Gasteiger partial charge on any atom is 0.341 e. The molecule has 0 fully saturated rings. The van der Waals surface area contributed by atoms with Gasteiger partial charge >= 0.3 is 5.97 Å². The molecule has 34 heavy (non-hydrogen) atoms. The Morgan fingerprint density at radius 1 is 0.941 bits per heavy atom. The molecule has 0 aliphatic rings. The molecule has 0 radical (unpaired) electrons. The summed E-state index contributed by atoms with van der Waals surface area (Å²) in [5.41, 5.74) is -0.914. The highest BCUT2D eigenvalue weighted by molar-refractivity contribution is 7.92. The normalized spacial score (nSPS) is 12.0. The second-order valence-electron chi connectivity index (χ2n) is 7.19. The van der Waals surface area contributed by atoms with E-state index < -0.39 is 51.1 Å². The highest BCUT2D eigenvalue weighted by Crippen LogP contribution is 2.24. The van der Waals surface area contributed by atoms with E-state index in [0.29, 0.717) is 0 Å². The molecule has 0 saturated carbocycles. The summed E-state index contributed by atoms with van der Waals surface area (Å²) in [7, 11) is -4.20. The van der Waals surface area contributed by atoms with E-state index in [-0.39, 0.29) is 21.7 Å². The number of carbonyl (C=O) groups excluding carboxylic acids is 2. The highest BCUT2D eigenvalue weighted by atomic mass is 32.2. The number of ether oxygens (including phenoxy) is 1. The number of nitrogens with one attached hydrogen (secondary N) is 2. The van der Waals surface area contributed by atoms with Gasteiger partial charge in [0.2, 0.25) is 0 Å². The van der Waals surface area contributed by atoms with Crippen molar-refractivity contribution in [2.75, 3.05) is 10.0 Å². The monoisotopic (exact) mass is 492 g/mol. The van der Waals surface area contributed by atoms with E-state index >= 15 is 0 Å². The quantitative estimate of drug-likeness (QED) is 0.476. The van der Waals surface area contributed by atoms with Crippen LogP contribution in [-0.2, 0) is 19.6 Å². The van der Waals surface area contributed by atoms with Gasteiger partial charge in [-0.05, 0) is 61.9 Å². The molecule has 0 bridgehead atoms. The average molecular weight is 492 g/mol. The zero-order valence-corrected chi connectivity index (χ0v) is 18.8. The molecular formula is C23H19F3N2O5S. The molecule has 11 heteroatoms. The second-order valence-corrected chi connectivity index (χ2v) is 8.85. The molecule has 0 aromatic heterocycles. The fourth-order valence-corrected chi connectivity index (χ4v) is 4.29. The first-order chi connectivity index (χ1) is 16.0. The summed E-state index contributed by atoms with van der Waals surface area (Å²) in [6.07, 6.45) is -1.48. The number of benzene rings is 3. The zero-order chi connectivity index (χ0) is 25.0. The Morgan fingerprint density at radius 2 is 1.59 bits per heavy atom. The molecule has 3 rings (SSSR count). The average Bonchev–Trinajstić information content (AvgIpc) is 2.76. The van der Waals surface area contributed by atoms with E-state index in [2.05, 4.69) is 4.72 Å². The third-order valence-electron chi connectivity index (χ3n) is 4.68. The lowest BCUT2D eigenvalue weighted by Gasteiger charge is -2.16. The third kappa shape index (κ3) is 5.54. The zero-order valence-electron chi connectivity index (χ0n) is 17.9. The van der Waals surface area contributed by atoms with Gasteiger partial charge in [-0.15, -0.1) is 0 Å².